The van der Waals surface area contributed by atoms with Crippen molar-refractivity contribution in [2.45, 2.75) is 52.9 Å². The minimum absolute atomic E-state index is 0.0486. The van der Waals surface area contributed by atoms with Crippen LogP contribution in [0.5, 0.6) is 0 Å². The number of nitrogens with one attached hydrogen (secondary N) is 1. The zero-order chi connectivity index (χ0) is 27.0. The van der Waals surface area contributed by atoms with E-state index in [0.717, 1.165) is 30.4 Å². The molecule has 1 unspecified atom stereocenters. The molecule has 1 aromatic carbocycles. The van der Waals surface area contributed by atoms with Gasteiger partial charge < -0.3 is 4.90 Å². The number of nitrogens with zero attached hydrogens (tertiary/aromatic N) is 6. The molecule has 0 spiro atoms. The van der Waals surface area contributed by atoms with E-state index in [4.69, 9.17) is 10.1 Å². The number of amides is 1. The molecule has 5 rings (SSSR count). The Bertz CT molecular complexity index is 1460. The molecule has 1 atom stereocenters. The van der Waals surface area contributed by atoms with E-state index in [1.165, 1.54) is 18.5 Å². The number of halogens is 1. The Hall–Kier alpha value is -3.95. The van der Waals surface area contributed by atoms with Gasteiger partial charge >= 0.3 is 0 Å². The third-order valence-corrected chi connectivity index (χ3v) is 7.40. The number of Topliss-reactive ketones (excluding diaryl/α,β-unsaturated/α-hetero) is 1. The van der Waals surface area contributed by atoms with Gasteiger partial charge in [-0.25, -0.2) is 18.9 Å². The van der Waals surface area contributed by atoms with Crippen LogP contribution in [0.2, 0.25) is 0 Å². The van der Waals surface area contributed by atoms with E-state index in [1.807, 2.05) is 19.9 Å². The Kier molecular flexibility index (Phi) is 6.81. The van der Waals surface area contributed by atoms with Crippen molar-refractivity contribution >= 4 is 17.3 Å². The van der Waals surface area contributed by atoms with Crippen molar-refractivity contribution in [2.24, 2.45) is 11.3 Å². The Morgan fingerprint density at radius 2 is 1.92 bits per heavy atom. The van der Waals surface area contributed by atoms with Crippen LogP contribution in [-0.4, -0.2) is 59.5 Å². The van der Waals surface area contributed by atoms with Gasteiger partial charge in [-0.3, -0.25) is 14.7 Å². The summed E-state index contributed by atoms with van der Waals surface area (Å²) in [7, 11) is 0. The molecular weight excluding hydrogens is 485 g/mol. The fourth-order valence-electron chi connectivity index (χ4n) is 5.33. The van der Waals surface area contributed by atoms with Crippen molar-refractivity contribution in [1.29, 1.82) is 0 Å². The second kappa shape index (κ2) is 10.1. The molecule has 198 valence electrons. The molecule has 0 aliphatic carbocycles. The Balaban J connectivity index is 1.47. The largest absolute Gasteiger partial charge is 0.335 e. The third kappa shape index (κ3) is 4.94. The molecule has 3 aromatic heterocycles. The highest BCUT2D eigenvalue weighted by atomic mass is 19.1. The van der Waals surface area contributed by atoms with E-state index >= 15 is 0 Å². The Morgan fingerprint density at radius 1 is 1.16 bits per heavy atom. The molecule has 4 heterocycles. The van der Waals surface area contributed by atoms with Crippen molar-refractivity contribution in [2.75, 3.05) is 13.1 Å². The van der Waals surface area contributed by atoms with E-state index in [1.54, 1.807) is 27.7 Å². The van der Waals surface area contributed by atoms with Crippen LogP contribution in [0.3, 0.4) is 0 Å². The van der Waals surface area contributed by atoms with Crippen LogP contribution in [0.4, 0.5) is 4.39 Å². The van der Waals surface area contributed by atoms with Crippen LogP contribution in [-0.2, 0) is 0 Å². The molecule has 1 aliphatic heterocycles. The lowest BCUT2D eigenvalue weighted by atomic mass is 9.72. The number of aromatic amines is 1. The van der Waals surface area contributed by atoms with E-state index in [-0.39, 0.29) is 35.2 Å². The summed E-state index contributed by atoms with van der Waals surface area (Å²) in [6.45, 7) is 9.21. The number of imidazole rings is 1. The zero-order valence-corrected chi connectivity index (χ0v) is 22.1. The van der Waals surface area contributed by atoms with Crippen LogP contribution in [0.1, 0.15) is 79.5 Å². The molecule has 0 saturated carbocycles. The number of hydrogen-bond donors (Lipinski definition) is 1. The maximum absolute atomic E-state index is 14.0. The van der Waals surface area contributed by atoms with Gasteiger partial charge in [0.05, 0.1) is 11.9 Å². The van der Waals surface area contributed by atoms with Gasteiger partial charge in [0.25, 0.3) is 5.91 Å². The van der Waals surface area contributed by atoms with Gasteiger partial charge in [-0.15, -0.1) is 0 Å². The van der Waals surface area contributed by atoms with Crippen LogP contribution in [0.15, 0.2) is 42.9 Å². The van der Waals surface area contributed by atoms with Gasteiger partial charge in [-0.1, -0.05) is 34.1 Å². The molecule has 4 aromatic rings. The van der Waals surface area contributed by atoms with Crippen molar-refractivity contribution < 1.29 is 14.0 Å². The number of carbonyl (C=O) groups is 2. The zero-order valence-electron chi connectivity index (χ0n) is 22.1. The van der Waals surface area contributed by atoms with Crippen molar-refractivity contribution in [1.82, 2.24) is 34.7 Å². The van der Waals surface area contributed by atoms with Gasteiger partial charge in [0, 0.05) is 30.1 Å². The van der Waals surface area contributed by atoms with Crippen molar-refractivity contribution in [3.05, 3.63) is 65.8 Å². The molecule has 1 amide bonds. The van der Waals surface area contributed by atoms with E-state index < -0.39 is 5.41 Å². The fourth-order valence-corrected chi connectivity index (χ4v) is 5.33. The highest BCUT2D eigenvalue weighted by Gasteiger charge is 2.40. The summed E-state index contributed by atoms with van der Waals surface area (Å²) in [5.41, 5.74) is 2.94. The molecule has 0 bridgehead atoms. The molecule has 38 heavy (non-hydrogen) atoms. The molecule has 1 N–H and O–H groups in total. The lowest BCUT2D eigenvalue weighted by molar-refractivity contribution is 0.0480. The predicted molar refractivity (Wildman–Crippen MR) is 140 cm³/mol. The highest BCUT2D eigenvalue weighted by molar-refractivity contribution is 5.97. The molecule has 0 radical (unpaired) electrons. The lowest BCUT2D eigenvalue weighted by Crippen LogP contribution is -2.46. The summed E-state index contributed by atoms with van der Waals surface area (Å²) >= 11 is 0. The number of hydrogen-bond acceptors (Lipinski definition) is 6. The maximum atomic E-state index is 14.0. The first kappa shape index (κ1) is 25.7. The quantitative estimate of drug-likeness (QED) is 0.376. The monoisotopic (exact) mass is 517 g/mol. The summed E-state index contributed by atoms with van der Waals surface area (Å²) in [4.78, 5) is 37.5. The van der Waals surface area contributed by atoms with E-state index in [2.05, 4.69) is 29.0 Å². The van der Waals surface area contributed by atoms with Crippen LogP contribution < -0.4 is 0 Å². The second-order valence-corrected chi connectivity index (χ2v) is 11.0. The normalized spacial score (nSPS) is 17.9. The SMILES string of the molecule is CC(C)c1cc(-c2ccc(F)cc2)nn2cc(C(=O)C3CCCCN(C(=O)c4ncn[nH]4)CC3(C)C)nc12. The molecule has 1 fully saturated rings. The Morgan fingerprint density at radius 3 is 2.61 bits per heavy atom. The van der Waals surface area contributed by atoms with Crippen LogP contribution in [0.25, 0.3) is 16.9 Å². The van der Waals surface area contributed by atoms with Crippen LogP contribution >= 0.6 is 0 Å². The average molecular weight is 518 g/mol. The summed E-state index contributed by atoms with van der Waals surface area (Å²) in [5.74, 6) is -0.551. The topological polar surface area (TPSA) is 109 Å². The minimum atomic E-state index is -0.490. The first-order chi connectivity index (χ1) is 18.1. The molecular formula is C28H32FN7O2. The van der Waals surface area contributed by atoms with E-state index in [0.29, 0.717) is 30.1 Å². The average Bonchev–Trinajstić information content (AvgIpc) is 3.56. The van der Waals surface area contributed by atoms with E-state index in [9.17, 15) is 14.0 Å². The molecule has 9 nitrogen and oxygen atoms in total. The number of benzene rings is 1. The number of rotatable bonds is 5. The van der Waals surface area contributed by atoms with Gasteiger partial charge in [0.15, 0.2) is 11.4 Å². The first-order valence-electron chi connectivity index (χ1n) is 13.0. The number of ketones is 1. The lowest BCUT2D eigenvalue weighted by Gasteiger charge is -2.39. The van der Waals surface area contributed by atoms with Gasteiger partial charge in [-0.2, -0.15) is 10.2 Å². The van der Waals surface area contributed by atoms with Crippen LogP contribution in [0, 0.1) is 17.2 Å². The van der Waals surface area contributed by atoms with Gasteiger partial charge in [-0.05, 0) is 54.5 Å². The summed E-state index contributed by atoms with van der Waals surface area (Å²) in [6, 6.07) is 8.17. The predicted octanol–water partition coefficient (Wildman–Crippen LogP) is 4.93. The maximum Gasteiger partial charge on any atom is 0.291 e. The number of aromatic nitrogens is 6. The van der Waals surface area contributed by atoms with Gasteiger partial charge in [0.2, 0.25) is 5.82 Å². The fraction of sp³-hybridized carbons (Fsp3) is 0.429. The summed E-state index contributed by atoms with van der Waals surface area (Å²) in [5, 5.41) is 11.2. The third-order valence-electron chi connectivity index (χ3n) is 7.40. The summed E-state index contributed by atoms with van der Waals surface area (Å²) < 4.78 is 15.2. The number of H-pyrrole nitrogens is 1. The minimum Gasteiger partial charge on any atom is -0.335 e. The number of carbonyl (C=O) groups excluding carboxylic acids is 2. The number of fused-ring (bicyclic) bond motifs is 1. The van der Waals surface area contributed by atoms with Crippen molar-refractivity contribution in [3.63, 3.8) is 0 Å². The number of likely N-dealkylation sites (tertiary alicyclic amines) is 1. The summed E-state index contributed by atoms with van der Waals surface area (Å²) in [6.07, 6.45) is 5.35. The molecule has 1 saturated heterocycles. The standard InChI is InChI=1S/C28H32FN7O2/c1-17(2)20-13-22(18-8-10-19(29)11-9-18)34-36-14-23(32-26(20)36)24(37)21-7-5-6-12-35(15-28(21,3)4)27(38)25-30-16-31-33-25/h8-11,13-14,16-17,21H,5-7,12,15H2,1-4H3,(H,30,31,33). The van der Waals surface area contributed by atoms with Crippen molar-refractivity contribution in [3.8, 4) is 11.3 Å². The molecule has 10 heteroatoms. The first-order valence-corrected chi connectivity index (χ1v) is 13.0. The second-order valence-electron chi connectivity index (χ2n) is 11.0. The van der Waals surface area contributed by atoms with Gasteiger partial charge in [0.1, 0.15) is 17.8 Å². The highest BCUT2D eigenvalue weighted by Crippen LogP contribution is 2.37. The smallest absolute Gasteiger partial charge is 0.291 e. The molecule has 1 aliphatic rings. The Labute approximate surface area is 220 Å².